The second-order valence-electron chi connectivity index (χ2n) is 8.59. The molecule has 1 unspecified atom stereocenters. The third-order valence-electron chi connectivity index (χ3n) is 6.14. The van der Waals surface area contributed by atoms with Crippen LogP contribution in [0.3, 0.4) is 0 Å². The van der Waals surface area contributed by atoms with Crippen LogP contribution in [0.4, 0.5) is 0 Å². The molecule has 8 heteroatoms. The fourth-order valence-corrected chi connectivity index (χ4v) is 5.65. The molecule has 1 saturated heterocycles. The van der Waals surface area contributed by atoms with Gasteiger partial charge in [-0.2, -0.15) is 0 Å². The quantitative estimate of drug-likeness (QED) is 0.418. The van der Waals surface area contributed by atoms with Crippen LogP contribution in [-0.4, -0.2) is 75.0 Å². The Balaban J connectivity index is 1.43. The van der Waals surface area contributed by atoms with Gasteiger partial charge in [-0.25, -0.2) is 13.1 Å². The van der Waals surface area contributed by atoms with Gasteiger partial charge in [-0.3, -0.25) is 4.90 Å². The molecule has 1 atom stereocenters. The Morgan fingerprint density at radius 1 is 0.879 bits per heavy atom. The number of aliphatic hydroxyl groups excluding tert-OH is 1. The monoisotopic (exact) mass is 493 g/mol. The molecule has 2 aromatic rings. The summed E-state index contributed by atoms with van der Waals surface area (Å²) < 4.78 is 25.9. The molecular formula is C25H36ClN3O3S. The number of hydrogen-bond donors (Lipinski definition) is 2. The summed E-state index contributed by atoms with van der Waals surface area (Å²) in [7, 11) is -3.25. The van der Waals surface area contributed by atoms with E-state index in [2.05, 4.69) is 57.0 Å². The van der Waals surface area contributed by atoms with E-state index in [0.717, 1.165) is 57.0 Å². The summed E-state index contributed by atoms with van der Waals surface area (Å²) in [6, 6.07) is 19.1. The molecule has 0 aromatic heterocycles. The van der Waals surface area contributed by atoms with Crippen molar-refractivity contribution < 1.29 is 13.5 Å². The van der Waals surface area contributed by atoms with Crippen LogP contribution in [0.1, 0.15) is 42.9 Å². The zero-order valence-corrected chi connectivity index (χ0v) is 20.8. The standard InChI is InChI=1S/C25H36ClN3O3S/c26-24-12-10-23(11-13-24)25(22-8-4-3-5-9-22)29-18-16-28(17-19-29)15-6-1-2-7-21-33(31,32)27-14-20-30/h3-5,8-13,25,27,30H,1-2,6-7,14-21H2. The molecule has 1 heterocycles. The van der Waals surface area contributed by atoms with Gasteiger partial charge in [-0.15, -0.1) is 0 Å². The Hall–Kier alpha value is -1.48. The third kappa shape index (κ3) is 8.67. The van der Waals surface area contributed by atoms with Gasteiger partial charge in [0.2, 0.25) is 10.0 Å². The average molecular weight is 494 g/mol. The van der Waals surface area contributed by atoms with Crippen LogP contribution in [0.25, 0.3) is 0 Å². The summed E-state index contributed by atoms with van der Waals surface area (Å²) in [5.74, 6) is 0.136. The largest absolute Gasteiger partial charge is 0.395 e. The lowest BCUT2D eigenvalue weighted by molar-refractivity contribution is 0.108. The van der Waals surface area contributed by atoms with Gasteiger partial charge in [0.25, 0.3) is 0 Å². The summed E-state index contributed by atoms with van der Waals surface area (Å²) in [6.07, 6.45) is 3.69. The third-order valence-corrected chi connectivity index (χ3v) is 7.87. The Bertz CT molecular complexity index is 918. The number of halogens is 1. The highest BCUT2D eigenvalue weighted by atomic mass is 35.5. The average Bonchev–Trinajstić information content (AvgIpc) is 2.83. The highest BCUT2D eigenvalue weighted by Gasteiger charge is 2.26. The van der Waals surface area contributed by atoms with Crippen LogP contribution in [0.5, 0.6) is 0 Å². The van der Waals surface area contributed by atoms with E-state index in [1.54, 1.807) is 0 Å². The summed E-state index contributed by atoms with van der Waals surface area (Å²) >= 11 is 6.13. The first kappa shape index (κ1) is 26.1. The molecule has 182 valence electrons. The van der Waals surface area contributed by atoms with E-state index < -0.39 is 10.0 Å². The lowest BCUT2D eigenvalue weighted by atomic mass is 9.96. The second-order valence-corrected chi connectivity index (χ2v) is 11.0. The molecule has 2 N–H and O–H groups in total. The minimum atomic E-state index is -3.25. The van der Waals surface area contributed by atoms with Crippen LogP contribution < -0.4 is 4.72 Å². The fourth-order valence-electron chi connectivity index (χ4n) is 4.39. The van der Waals surface area contributed by atoms with Gasteiger partial charge in [0.05, 0.1) is 18.4 Å². The number of unbranched alkanes of at least 4 members (excludes halogenated alkanes) is 3. The summed E-state index contributed by atoms with van der Waals surface area (Å²) in [4.78, 5) is 5.07. The number of nitrogens with one attached hydrogen (secondary N) is 1. The maximum Gasteiger partial charge on any atom is 0.211 e. The van der Waals surface area contributed by atoms with Crippen LogP contribution in [0, 0.1) is 0 Å². The van der Waals surface area contributed by atoms with Crippen LogP contribution in [-0.2, 0) is 10.0 Å². The van der Waals surface area contributed by atoms with Gasteiger partial charge >= 0.3 is 0 Å². The Morgan fingerprint density at radius 3 is 2.18 bits per heavy atom. The van der Waals surface area contributed by atoms with Crippen molar-refractivity contribution in [3.63, 3.8) is 0 Å². The van der Waals surface area contributed by atoms with E-state index in [0.29, 0.717) is 6.42 Å². The van der Waals surface area contributed by atoms with Gasteiger partial charge < -0.3 is 10.0 Å². The van der Waals surface area contributed by atoms with E-state index >= 15 is 0 Å². The SMILES string of the molecule is O=S(=O)(CCCCCCN1CCN(C(c2ccccc2)c2ccc(Cl)cc2)CC1)NCCO. The molecule has 1 aliphatic rings. The van der Waals surface area contributed by atoms with Crippen molar-refractivity contribution in [3.05, 3.63) is 70.7 Å². The molecular weight excluding hydrogens is 458 g/mol. The second kappa shape index (κ2) is 13.4. The van der Waals surface area contributed by atoms with Gasteiger partial charge in [0.1, 0.15) is 0 Å². The Kier molecular flexibility index (Phi) is 10.6. The van der Waals surface area contributed by atoms with Crippen molar-refractivity contribution in [3.8, 4) is 0 Å². The van der Waals surface area contributed by atoms with Crippen molar-refractivity contribution in [2.45, 2.75) is 31.7 Å². The minimum Gasteiger partial charge on any atom is -0.395 e. The van der Waals surface area contributed by atoms with E-state index in [-0.39, 0.29) is 24.9 Å². The van der Waals surface area contributed by atoms with Gasteiger partial charge in [0, 0.05) is 37.7 Å². The highest BCUT2D eigenvalue weighted by molar-refractivity contribution is 7.89. The van der Waals surface area contributed by atoms with Crippen LogP contribution in [0.15, 0.2) is 54.6 Å². The maximum atomic E-state index is 11.7. The van der Waals surface area contributed by atoms with Crippen molar-refractivity contribution in [1.82, 2.24) is 14.5 Å². The lowest BCUT2D eigenvalue weighted by Crippen LogP contribution is -2.48. The molecule has 2 aromatic carbocycles. The van der Waals surface area contributed by atoms with Crippen LogP contribution >= 0.6 is 11.6 Å². The molecule has 33 heavy (non-hydrogen) atoms. The number of aliphatic hydroxyl groups is 1. The van der Waals surface area contributed by atoms with Crippen molar-refractivity contribution in [1.29, 1.82) is 0 Å². The van der Waals surface area contributed by atoms with E-state index in [4.69, 9.17) is 16.7 Å². The summed E-state index contributed by atoms with van der Waals surface area (Å²) in [5.41, 5.74) is 2.57. The molecule has 0 bridgehead atoms. The molecule has 1 fully saturated rings. The van der Waals surface area contributed by atoms with E-state index in [1.807, 2.05) is 12.1 Å². The molecule has 6 nitrogen and oxygen atoms in total. The van der Waals surface area contributed by atoms with Gasteiger partial charge in [-0.1, -0.05) is 66.9 Å². The summed E-state index contributed by atoms with van der Waals surface area (Å²) in [5, 5.41) is 9.49. The minimum absolute atomic E-state index is 0.0947. The maximum absolute atomic E-state index is 11.7. The van der Waals surface area contributed by atoms with Crippen molar-refractivity contribution in [2.24, 2.45) is 0 Å². The fraction of sp³-hybridized carbons (Fsp3) is 0.520. The molecule has 0 amide bonds. The van der Waals surface area contributed by atoms with Crippen molar-refractivity contribution >= 4 is 21.6 Å². The molecule has 1 aliphatic heterocycles. The number of hydrogen-bond acceptors (Lipinski definition) is 5. The Labute approximate surface area is 203 Å². The first-order chi connectivity index (χ1) is 16.0. The molecule has 3 rings (SSSR count). The zero-order valence-electron chi connectivity index (χ0n) is 19.2. The smallest absolute Gasteiger partial charge is 0.211 e. The molecule has 0 saturated carbocycles. The van der Waals surface area contributed by atoms with E-state index in [9.17, 15) is 8.42 Å². The first-order valence-corrected chi connectivity index (χ1v) is 13.9. The number of piperazine rings is 1. The van der Waals surface area contributed by atoms with Crippen LogP contribution in [0.2, 0.25) is 5.02 Å². The normalized spacial score (nSPS) is 16.7. The Morgan fingerprint density at radius 2 is 1.52 bits per heavy atom. The first-order valence-electron chi connectivity index (χ1n) is 11.8. The zero-order chi connectivity index (χ0) is 23.5. The van der Waals surface area contributed by atoms with Gasteiger partial charge in [0.15, 0.2) is 0 Å². The van der Waals surface area contributed by atoms with Gasteiger partial charge in [-0.05, 0) is 42.6 Å². The molecule has 0 aliphatic carbocycles. The highest BCUT2D eigenvalue weighted by Crippen LogP contribution is 2.30. The number of benzene rings is 2. The number of sulfonamides is 1. The number of nitrogens with zero attached hydrogens (tertiary/aromatic N) is 2. The topological polar surface area (TPSA) is 72.9 Å². The van der Waals surface area contributed by atoms with Crippen molar-refractivity contribution in [2.75, 3.05) is 51.6 Å². The lowest BCUT2D eigenvalue weighted by Gasteiger charge is -2.40. The predicted molar refractivity (Wildman–Crippen MR) is 135 cm³/mol. The molecule has 0 spiro atoms. The summed E-state index contributed by atoms with van der Waals surface area (Å²) in [6.45, 7) is 5.08. The molecule has 0 radical (unpaired) electrons. The predicted octanol–water partition coefficient (Wildman–Crippen LogP) is 3.52. The number of rotatable bonds is 13. The van der Waals surface area contributed by atoms with E-state index in [1.165, 1.54) is 11.1 Å².